The van der Waals surface area contributed by atoms with Crippen molar-refractivity contribution in [2.24, 2.45) is 0 Å². The van der Waals surface area contributed by atoms with Crippen molar-refractivity contribution in [3.8, 4) is 22.5 Å². The second kappa shape index (κ2) is 8.33. The van der Waals surface area contributed by atoms with E-state index in [0.717, 1.165) is 44.8 Å². The molecule has 0 fully saturated rings. The van der Waals surface area contributed by atoms with Gasteiger partial charge in [-0.05, 0) is 47.9 Å². The Bertz CT molecular complexity index is 1650. The SMILES string of the molecule is Cc1nc2ccn(Cc3ccc(C(=O)c4c[nH]c5cc(-c6ccc(F)cc6)ccc45)cc3)cc-2n1. The van der Waals surface area contributed by atoms with Crippen LogP contribution >= 0.6 is 0 Å². The van der Waals surface area contributed by atoms with Crippen LogP contribution in [-0.2, 0) is 6.54 Å². The molecule has 2 aliphatic heterocycles. The molecule has 0 atom stereocenters. The molecule has 6 rings (SSSR count). The molecule has 0 unspecified atom stereocenters. The zero-order valence-electron chi connectivity index (χ0n) is 19.0. The Morgan fingerprint density at radius 2 is 1.66 bits per heavy atom. The molecule has 5 nitrogen and oxygen atoms in total. The largest absolute Gasteiger partial charge is 0.360 e. The number of carbonyl (C=O) groups excluding carboxylic acids is 1. The third-order valence-electron chi connectivity index (χ3n) is 6.22. The summed E-state index contributed by atoms with van der Waals surface area (Å²) in [4.78, 5) is 25.3. The molecule has 1 aromatic heterocycles. The van der Waals surface area contributed by atoms with Gasteiger partial charge >= 0.3 is 0 Å². The van der Waals surface area contributed by atoms with E-state index in [1.165, 1.54) is 12.1 Å². The van der Waals surface area contributed by atoms with E-state index in [1.807, 2.05) is 67.8 Å². The van der Waals surface area contributed by atoms with Gasteiger partial charge in [-0.3, -0.25) is 4.79 Å². The Morgan fingerprint density at radius 3 is 2.46 bits per heavy atom. The number of pyridine rings is 1. The quantitative estimate of drug-likeness (QED) is 0.309. The zero-order valence-corrected chi connectivity index (χ0v) is 19.0. The predicted molar refractivity (Wildman–Crippen MR) is 134 cm³/mol. The van der Waals surface area contributed by atoms with E-state index in [9.17, 15) is 9.18 Å². The van der Waals surface area contributed by atoms with Crippen molar-refractivity contribution in [2.45, 2.75) is 13.5 Å². The van der Waals surface area contributed by atoms with Gasteiger partial charge in [0.25, 0.3) is 0 Å². The monoisotopic (exact) mass is 460 g/mol. The maximum Gasteiger partial charge on any atom is 0.195 e. The number of hydrogen-bond acceptors (Lipinski definition) is 3. The van der Waals surface area contributed by atoms with Crippen molar-refractivity contribution >= 4 is 16.7 Å². The summed E-state index contributed by atoms with van der Waals surface area (Å²) in [7, 11) is 0. The highest BCUT2D eigenvalue weighted by Crippen LogP contribution is 2.28. The van der Waals surface area contributed by atoms with Crippen LogP contribution in [0.2, 0.25) is 0 Å². The molecule has 4 aromatic rings. The molecule has 0 radical (unpaired) electrons. The number of hydrogen-bond donors (Lipinski definition) is 1. The third kappa shape index (κ3) is 3.99. The molecule has 0 aliphatic carbocycles. The minimum Gasteiger partial charge on any atom is -0.360 e. The number of rotatable bonds is 5. The van der Waals surface area contributed by atoms with Crippen LogP contribution in [0, 0.1) is 12.7 Å². The number of aryl methyl sites for hydroxylation is 1. The number of imidazole rings is 1. The number of halogens is 1. The summed E-state index contributed by atoms with van der Waals surface area (Å²) in [6.45, 7) is 2.56. The van der Waals surface area contributed by atoms with Crippen molar-refractivity contribution in [3.05, 3.63) is 120 Å². The zero-order chi connectivity index (χ0) is 23.9. The van der Waals surface area contributed by atoms with Gasteiger partial charge in [0.05, 0.1) is 5.69 Å². The molecular formula is C29H21FN4O. The summed E-state index contributed by atoms with van der Waals surface area (Å²) in [5.74, 6) is 0.471. The van der Waals surface area contributed by atoms with E-state index < -0.39 is 0 Å². The van der Waals surface area contributed by atoms with Crippen LogP contribution in [0.15, 0.2) is 91.4 Å². The fourth-order valence-corrected chi connectivity index (χ4v) is 4.43. The maximum atomic E-state index is 13.3. The average Bonchev–Trinajstić information content (AvgIpc) is 3.46. The predicted octanol–water partition coefficient (Wildman–Crippen LogP) is 6.26. The van der Waals surface area contributed by atoms with E-state index in [-0.39, 0.29) is 11.6 Å². The van der Waals surface area contributed by atoms with Crippen LogP contribution in [0.1, 0.15) is 27.3 Å². The smallest absolute Gasteiger partial charge is 0.195 e. The van der Waals surface area contributed by atoms with E-state index in [1.54, 1.807) is 18.3 Å². The summed E-state index contributed by atoms with van der Waals surface area (Å²) in [6, 6.07) is 21.9. The van der Waals surface area contributed by atoms with Gasteiger partial charge in [-0.15, -0.1) is 0 Å². The van der Waals surface area contributed by atoms with Crippen LogP contribution in [0.4, 0.5) is 4.39 Å². The molecule has 0 spiro atoms. The van der Waals surface area contributed by atoms with Gasteiger partial charge in [-0.2, -0.15) is 0 Å². The number of aromatic nitrogens is 4. The first kappa shape index (κ1) is 21.0. The second-order valence-corrected chi connectivity index (χ2v) is 8.65. The molecule has 6 heteroatoms. The van der Waals surface area contributed by atoms with Crippen molar-refractivity contribution in [2.75, 3.05) is 0 Å². The molecule has 3 aromatic carbocycles. The number of ketones is 1. The van der Waals surface area contributed by atoms with Crippen LogP contribution in [0.25, 0.3) is 33.4 Å². The minimum absolute atomic E-state index is 0.0334. The number of fused-ring (bicyclic) bond motifs is 2. The number of nitrogens with zero attached hydrogens (tertiary/aromatic N) is 3. The topological polar surface area (TPSA) is 63.6 Å². The van der Waals surface area contributed by atoms with Crippen molar-refractivity contribution in [1.29, 1.82) is 0 Å². The number of aromatic amines is 1. The molecule has 170 valence electrons. The van der Waals surface area contributed by atoms with Gasteiger partial charge in [-0.1, -0.05) is 48.5 Å². The van der Waals surface area contributed by atoms with Gasteiger partial charge in [0.2, 0.25) is 0 Å². The standard InChI is InChI=1S/C29H21FN4O/c1-18-32-26-12-13-34(17-28(26)33-18)16-19-2-4-21(5-3-19)29(35)25-15-31-27-14-22(8-11-24(25)27)20-6-9-23(30)10-7-20/h2-15,17,31H,16H2,1H3. The molecule has 0 bridgehead atoms. The van der Waals surface area contributed by atoms with E-state index in [2.05, 4.69) is 19.5 Å². The lowest BCUT2D eigenvalue weighted by Gasteiger charge is -2.09. The molecular weight excluding hydrogens is 439 g/mol. The molecule has 0 saturated heterocycles. The fraction of sp³-hybridized carbons (Fsp3) is 0.0690. The van der Waals surface area contributed by atoms with Crippen LogP contribution in [0.5, 0.6) is 0 Å². The Morgan fingerprint density at radius 1 is 0.914 bits per heavy atom. The summed E-state index contributed by atoms with van der Waals surface area (Å²) in [5, 5.41) is 0.861. The van der Waals surface area contributed by atoms with Gasteiger partial charge in [0.15, 0.2) is 5.78 Å². The molecule has 35 heavy (non-hydrogen) atoms. The van der Waals surface area contributed by atoms with Gasteiger partial charge < -0.3 is 9.55 Å². The van der Waals surface area contributed by atoms with E-state index in [0.29, 0.717) is 17.7 Å². The van der Waals surface area contributed by atoms with Crippen LogP contribution < -0.4 is 0 Å². The van der Waals surface area contributed by atoms with Gasteiger partial charge in [-0.25, -0.2) is 14.4 Å². The summed E-state index contributed by atoms with van der Waals surface area (Å²) < 4.78 is 15.3. The Hall–Kier alpha value is -4.58. The second-order valence-electron chi connectivity index (χ2n) is 8.65. The number of benzene rings is 3. The maximum absolute atomic E-state index is 13.3. The molecule has 0 saturated carbocycles. The van der Waals surface area contributed by atoms with Crippen molar-refractivity contribution < 1.29 is 9.18 Å². The highest BCUT2D eigenvalue weighted by atomic mass is 19.1. The van der Waals surface area contributed by atoms with Crippen LogP contribution in [-0.4, -0.2) is 25.3 Å². The number of carbonyl (C=O) groups is 1. The lowest BCUT2D eigenvalue weighted by atomic mass is 9.99. The third-order valence-corrected chi connectivity index (χ3v) is 6.22. The Kier molecular flexibility index (Phi) is 4.99. The summed E-state index contributed by atoms with van der Waals surface area (Å²) >= 11 is 0. The highest BCUT2D eigenvalue weighted by Gasteiger charge is 2.15. The van der Waals surface area contributed by atoms with Crippen molar-refractivity contribution in [1.82, 2.24) is 19.5 Å². The number of nitrogens with one attached hydrogen (secondary N) is 1. The normalized spacial score (nSPS) is 11.4. The summed E-state index contributed by atoms with van der Waals surface area (Å²) in [5.41, 5.74) is 6.86. The minimum atomic E-state index is -0.264. The number of H-pyrrole nitrogens is 1. The summed E-state index contributed by atoms with van der Waals surface area (Å²) in [6.07, 6.45) is 5.73. The van der Waals surface area contributed by atoms with Crippen LogP contribution in [0.3, 0.4) is 0 Å². The Labute approximate surface area is 201 Å². The van der Waals surface area contributed by atoms with Gasteiger partial charge in [0, 0.05) is 47.2 Å². The molecule has 1 N–H and O–H groups in total. The highest BCUT2D eigenvalue weighted by molar-refractivity contribution is 6.16. The van der Waals surface area contributed by atoms with Crippen molar-refractivity contribution in [3.63, 3.8) is 0 Å². The Balaban J connectivity index is 1.23. The molecule has 3 heterocycles. The van der Waals surface area contributed by atoms with E-state index >= 15 is 0 Å². The molecule has 0 amide bonds. The first-order valence-corrected chi connectivity index (χ1v) is 11.3. The first-order chi connectivity index (χ1) is 17.0. The lowest BCUT2D eigenvalue weighted by molar-refractivity contribution is 0.104. The average molecular weight is 461 g/mol. The van der Waals surface area contributed by atoms with Gasteiger partial charge in [0.1, 0.15) is 17.3 Å². The fourth-order valence-electron chi connectivity index (χ4n) is 4.43. The lowest BCUT2D eigenvalue weighted by Crippen LogP contribution is -2.03. The molecule has 2 aliphatic rings. The first-order valence-electron chi connectivity index (χ1n) is 11.3. The van der Waals surface area contributed by atoms with E-state index in [4.69, 9.17) is 0 Å².